The maximum Gasteiger partial charge on any atom is 0.326 e. The van der Waals surface area contributed by atoms with E-state index >= 15 is 0 Å². The molecule has 19 heavy (non-hydrogen) atoms. The molecule has 0 bridgehead atoms. The molecular weight excluding hydrogens is 248 g/mol. The highest BCUT2D eigenvalue weighted by Gasteiger charge is 2.22. The summed E-state index contributed by atoms with van der Waals surface area (Å²) in [6.07, 6.45) is 1.57. The lowest BCUT2D eigenvalue weighted by Gasteiger charge is -2.09. The van der Waals surface area contributed by atoms with E-state index in [4.69, 9.17) is 9.47 Å². The number of nitrogens with one attached hydrogen (secondary N) is 2. The van der Waals surface area contributed by atoms with Crippen LogP contribution in [0.2, 0.25) is 0 Å². The number of hydrogen-bond donors (Lipinski definition) is 2. The van der Waals surface area contributed by atoms with E-state index in [1.807, 2.05) is 6.92 Å². The maximum absolute atomic E-state index is 11.4. The van der Waals surface area contributed by atoms with E-state index in [2.05, 4.69) is 10.6 Å². The number of methoxy groups -OCH3 is 1. The number of rotatable bonds is 4. The molecule has 0 radical (unpaired) electrons. The van der Waals surface area contributed by atoms with Crippen LogP contribution in [0.25, 0.3) is 6.08 Å². The molecule has 2 rings (SSSR count). The Balaban J connectivity index is 2.29. The lowest BCUT2D eigenvalue weighted by atomic mass is 10.1. The molecule has 1 fully saturated rings. The van der Waals surface area contributed by atoms with Gasteiger partial charge in [0.2, 0.25) is 0 Å². The molecule has 1 aliphatic heterocycles. The van der Waals surface area contributed by atoms with Gasteiger partial charge in [-0.15, -0.1) is 0 Å². The zero-order valence-corrected chi connectivity index (χ0v) is 10.6. The zero-order valence-electron chi connectivity index (χ0n) is 10.6. The van der Waals surface area contributed by atoms with Crippen molar-refractivity contribution in [1.82, 2.24) is 10.6 Å². The fourth-order valence-corrected chi connectivity index (χ4v) is 1.70. The van der Waals surface area contributed by atoms with Gasteiger partial charge in [-0.25, -0.2) is 4.79 Å². The average Bonchev–Trinajstić information content (AvgIpc) is 2.70. The van der Waals surface area contributed by atoms with Crippen LogP contribution in [-0.4, -0.2) is 25.7 Å². The molecule has 0 atom stereocenters. The molecule has 1 aromatic rings. The third-order valence-corrected chi connectivity index (χ3v) is 2.52. The minimum atomic E-state index is -0.519. The quantitative estimate of drug-likeness (QED) is 0.633. The van der Waals surface area contributed by atoms with Crippen molar-refractivity contribution < 1.29 is 19.1 Å². The van der Waals surface area contributed by atoms with Crippen molar-refractivity contribution in [3.05, 3.63) is 29.5 Å². The van der Waals surface area contributed by atoms with Gasteiger partial charge in [0.05, 0.1) is 13.7 Å². The second-order valence-corrected chi connectivity index (χ2v) is 3.81. The van der Waals surface area contributed by atoms with Gasteiger partial charge in [0.15, 0.2) is 11.5 Å². The molecule has 0 spiro atoms. The number of hydrogen-bond acceptors (Lipinski definition) is 4. The summed E-state index contributed by atoms with van der Waals surface area (Å²) in [5, 5.41) is 4.55. The second-order valence-electron chi connectivity index (χ2n) is 3.81. The van der Waals surface area contributed by atoms with Crippen LogP contribution in [0.1, 0.15) is 12.5 Å². The largest absolute Gasteiger partial charge is 0.493 e. The van der Waals surface area contributed by atoms with Gasteiger partial charge in [-0.05, 0) is 30.7 Å². The zero-order chi connectivity index (χ0) is 13.8. The first kappa shape index (κ1) is 12.9. The number of amides is 3. The maximum atomic E-state index is 11.4. The first-order valence-electron chi connectivity index (χ1n) is 5.79. The minimum Gasteiger partial charge on any atom is -0.493 e. The van der Waals surface area contributed by atoms with Crippen molar-refractivity contribution in [2.24, 2.45) is 0 Å². The molecule has 2 N–H and O–H groups in total. The molecule has 3 amide bonds. The summed E-state index contributed by atoms with van der Waals surface area (Å²) in [7, 11) is 1.54. The average molecular weight is 262 g/mol. The van der Waals surface area contributed by atoms with Crippen LogP contribution < -0.4 is 20.1 Å². The summed E-state index contributed by atoms with van der Waals surface area (Å²) in [5.41, 5.74) is 0.934. The fraction of sp³-hybridized carbons (Fsp3) is 0.231. The molecule has 1 aromatic carbocycles. The lowest BCUT2D eigenvalue weighted by molar-refractivity contribution is -0.115. The van der Waals surface area contributed by atoms with Gasteiger partial charge in [-0.3, -0.25) is 10.1 Å². The highest BCUT2D eigenvalue weighted by molar-refractivity contribution is 6.13. The summed E-state index contributed by atoms with van der Waals surface area (Å²) >= 11 is 0. The Labute approximate surface area is 110 Å². The van der Waals surface area contributed by atoms with Crippen molar-refractivity contribution in [3.63, 3.8) is 0 Å². The second kappa shape index (κ2) is 5.43. The number of carbonyl (C=O) groups is 2. The first-order chi connectivity index (χ1) is 9.13. The third kappa shape index (κ3) is 2.85. The van der Waals surface area contributed by atoms with E-state index in [1.165, 1.54) is 0 Å². The lowest BCUT2D eigenvalue weighted by Crippen LogP contribution is -2.22. The van der Waals surface area contributed by atoms with Crippen molar-refractivity contribution in [2.45, 2.75) is 6.92 Å². The minimum absolute atomic E-state index is 0.205. The van der Waals surface area contributed by atoms with Crippen molar-refractivity contribution in [3.8, 4) is 11.5 Å². The first-order valence-corrected chi connectivity index (χ1v) is 5.79. The van der Waals surface area contributed by atoms with E-state index in [9.17, 15) is 9.59 Å². The molecule has 1 saturated heterocycles. The van der Waals surface area contributed by atoms with Crippen LogP contribution in [-0.2, 0) is 4.79 Å². The van der Waals surface area contributed by atoms with E-state index in [0.717, 1.165) is 5.56 Å². The molecular formula is C13H14N2O4. The van der Waals surface area contributed by atoms with Gasteiger partial charge in [0, 0.05) is 0 Å². The highest BCUT2D eigenvalue weighted by Crippen LogP contribution is 2.28. The smallest absolute Gasteiger partial charge is 0.326 e. The Kier molecular flexibility index (Phi) is 3.70. The van der Waals surface area contributed by atoms with E-state index < -0.39 is 11.9 Å². The molecule has 0 unspecified atom stereocenters. The Morgan fingerprint density at radius 3 is 2.58 bits per heavy atom. The van der Waals surface area contributed by atoms with Crippen LogP contribution in [0.5, 0.6) is 11.5 Å². The number of imide groups is 1. The van der Waals surface area contributed by atoms with Crippen molar-refractivity contribution >= 4 is 18.0 Å². The Morgan fingerprint density at radius 2 is 2.00 bits per heavy atom. The third-order valence-electron chi connectivity index (χ3n) is 2.52. The summed E-state index contributed by atoms with van der Waals surface area (Å²) in [5.74, 6) is 0.755. The predicted octanol–water partition coefficient (Wildman–Crippen LogP) is 1.27. The van der Waals surface area contributed by atoms with Gasteiger partial charge < -0.3 is 14.8 Å². The number of benzene rings is 1. The summed E-state index contributed by atoms with van der Waals surface area (Å²) in [4.78, 5) is 22.4. The van der Waals surface area contributed by atoms with Gasteiger partial charge in [0.1, 0.15) is 5.70 Å². The molecule has 1 heterocycles. The standard InChI is InChI=1S/C13H14N2O4/c1-3-19-10-5-4-8(7-11(10)18-2)6-9-12(16)15-13(17)14-9/h4-7H,3H2,1-2H3,(H2,14,15,16,17)/b9-6-. The van der Waals surface area contributed by atoms with Gasteiger partial charge >= 0.3 is 6.03 Å². The van der Waals surface area contributed by atoms with Crippen LogP contribution in [0, 0.1) is 0 Å². The fourth-order valence-electron chi connectivity index (χ4n) is 1.70. The van der Waals surface area contributed by atoms with Crippen molar-refractivity contribution in [1.29, 1.82) is 0 Å². The Morgan fingerprint density at radius 1 is 1.21 bits per heavy atom. The van der Waals surface area contributed by atoms with E-state index in [0.29, 0.717) is 18.1 Å². The summed E-state index contributed by atoms with van der Waals surface area (Å²) < 4.78 is 10.6. The topological polar surface area (TPSA) is 76.7 Å². The van der Waals surface area contributed by atoms with Crippen LogP contribution in [0.15, 0.2) is 23.9 Å². The van der Waals surface area contributed by atoms with E-state index in [1.54, 1.807) is 31.4 Å². The predicted molar refractivity (Wildman–Crippen MR) is 68.8 cm³/mol. The normalized spacial score (nSPS) is 16.2. The molecule has 0 aromatic heterocycles. The van der Waals surface area contributed by atoms with Crippen molar-refractivity contribution in [2.75, 3.05) is 13.7 Å². The molecule has 0 aliphatic carbocycles. The van der Waals surface area contributed by atoms with Crippen LogP contribution in [0.3, 0.4) is 0 Å². The SMILES string of the molecule is CCOc1ccc(/C=C2\NC(=O)NC2=O)cc1OC. The summed E-state index contributed by atoms with van der Waals surface area (Å²) in [6.45, 7) is 2.42. The monoisotopic (exact) mass is 262 g/mol. The summed E-state index contributed by atoms with van der Waals surface area (Å²) in [6, 6.07) is 4.74. The van der Waals surface area contributed by atoms with E-state index in [-0.39, 0.29) is 5.70 Å². The van der Waals surface area contributed by atoms with Gasteiger partial charge in [-0.1, -0.05) is 6.07 Å². The van der Waals surface area contributed by atoms with Crippen LogP contribution in [0.4, 0.5) is 4.79 Å². The number of urea groups is 1. The molecule has 0 saturated carbocycles. The molecule has 6 heteroatoms. The number of ether oxygens (including phenoxy) is 2. The molecule has 6 nitrogen and oxygen atoms in total. The Hall–Kier alpha value is -2.50. The number of carbonyl (C=O) groups excluding carboxylic acids is 2. The molecule has 1 aliphatic rings. The van der Waals surface area contributed by atoms with Gasteiger partial charge in [-0.2, -0.15) is 0 Å². The van der Waals surface area contributed by atoms with Crippen LogP contribution >= 0.6 is 0 Å². The molecule has 100 valence electrons. The van der Waals surface area contributed by atoms with Gasteiger partial charge in [0.25, 0.3) is 5.91 Å². The Bertz CT molecular complexity index is 552. The highest BCUT2D eigenvalue weighted by atomic mass is 16.5.